The molecule has 0 bridgehead atoms. The van der Waals surface area contributed by atoms with E-state index < -0.39 is 4.92 Å². The van der Waals surface area contributed by atoms with Gasteiger partial charge >= 0.3 is 0 Å². The summed E-state index contributed by atoms with van der Waals surface area (Å²) in [6.45, 7) is 0.184. The number of non-ortho nitro benzene ring substituents is 1. The fourth-order valence-electron chi connectivity index (χ4n) is 2.02. The van der Waals surface area contributed by atoms with Gasteiger partial charge in [0, 0.05) is 29.9 Å². The SMILES string of the molecule is O=C(Cn1cc(-c2ccc([N+](=O)[O-])cc2)cn1)NC1CC1. The van der Waals surface area contributed by atoms with Gasteiger partial charge in [-0.15, -0.1) is 0 Å². The number of amides is 1. The number of carbonyl (C=O) groups excluding carboxylic acids is 1. The first kappa shape index (κ1) is 13.3. The summed E-state index contributed by atoms with van der Waals surface area (Å²) in [4.78, 5) is 21.9. The fraction of sp³-hybridized carbons (Fsp3) is 0.286. The van der Waals surface area contributed by atoms with Crippen molar-refractivity contribution in [1.29, 1.82) is 0 Å². The maximum absolute atomic E-state index is 11.7. The van der Waals surface area contributed by atoms with E-state index in [2.05, 4.69) is 10.4 Å². The van der Waals surface area contributed by atoms with E-state index in [-0.39, 0.29) is 18.1 Å². The van der Waals surface area contributed by atoms with Gasteiger partial charge in [-0.3, -0.25) is 19.6 Å². The van der Waals surface area contributed by atoms with Crippen molar-refractivity contribution in [3.8, 4) is 11.1 Å². The van der Waals surface area contributed by atoms with Crippen LogP contribution in [0, 0.1) is 10.1 Å². The van der Waals surface area contributed by atoms with Crippen LogP contribution in [-0.2, 0) is 11.3 Å². The Bertz CT molecular complexity index is 674. The Morgan fingerprint density at radius 2 is 2.05 bits per heavy atom. The molecule has 1 aromatic carbocycles. The predicted molar refractivity (Wildman–Crippen MR) is 75.5 cm³/mol. The van der Waals surface area contributed by atoms with E-state index in [1.54, 1.807) is 29.2 Å². The summed E-state index contributed by atoms with van der Waals surface area (Å²) in [5.41, 5.74) is 1.70. The Kier molecular flexibility index (Phi) is 3.39. The lowest BCUT2D eigenvalue weighted by Crippen LogP contribution is -2.29. The highest BCUT2D eigenvalue weighted by molar-refractivity contribution is 5.76. The minimum atomic E-state index is -0.435. The van der Waals surface area contributed by atoms with Crippen molar-refractivity contribution in [2.24, 2.45) is 0 Å². The van der Waals surface area contributed by atoms with E-state index in [1.807, 2.05) is 0 Å². The van der Waals surface area contributed by atoms with Crippen LogP contribution in [0.3, 0.4) is 0 Å². The van der Waals surface area contributed by atoms with Crippen molar-refractivity contribution in [1.82, 2.24) is 15.1 Å². The number of nitrogens with one attached hydrogen (secondary N) is 1. The van der Waals surface area contributed by atoms with Crippen molar-refractivity contribution in [3.05, 3.63) is 46.8 Å². The highest BCUT2D eigenvalue weighted by Gasteiger charge is 2.23. The third-order valence-corrected chi connectivity index (χ3v) is 3.29. The summed E-state index contributed by atoms with van der Waals surface area (Å²) in [5, 5.41) is 17.6. The van der Waals surface area contributed by atoms with Crippen LogP contribution < -0.4 is 5.32 Å². The van der Waals surface area contributed by atoms with Crippen LogP contribution in [0.25, 0.3) is 11.1 Å². The third-order valence-electron chi connectivity index (χ3n) is 3.29. The first-order valence-corrected chi connectivity index (χ1v) is 6.68. The van der Waals surface area contributed by atoms with Crippen molar-refractivity contribution in [2.45, 2.75) is 25.4 Å². The quantitative estimate of drug-likeness (QED) is 0.669. The smallest absolute Gasteiger partial charge is 0.269 e. The van der Waals surface area contributed by atoms with Crippen LogP contribution in [0.15, 0.2) is 36.7 Å². The van der Waals surface area contributed by atoms with Gasteiger partial charge in [0.25, 0.3) is 5.69 Å². The van der Waals surface area contributed by atoms with Gasteiger partial charge < -0.3 is 5.32 Å². The summed E-state index contributed by atoms with van der Waals surface area (Å²) >= 11 is 0. The van der Waals surface area contributed by atoms with Crippen molar-refractivity contribution in [3.63, 3.8) is 0 Å². The average molecular weight is 286 g/mol. The Morgan fingerprint density at radius 1 is 1.33 bits per heavy atom. The van der Waals surface area contributed by atoms with Crippen molar-refractivity contribution in [2.75, 3.05) is 0 Å². The largest absolute Gasteiger partial charge is 0.352 e. The number of carbonyl (C=O) groups is 1. The molecule has 1 aromatic heterocycles. The number of nitro benzene ring substituents is 1. The van der Waals surface area contributed by atoms with E-state index in [0.717, 1.165) is 24.0 Å². The molecule has 0 atom stereocenters. The number of aromatic nitrogens is 2. The first-order chi connectivity index (χ1) is 10.1. The van der Waals surface area contributed by atoms with Gasteiger partial charge in [-0.2, -0.15) is 5.10 Å². The molecule has 3 rings (SSSR count). The lowest BCUT2D eigenvalue weighted by molar-refractivity contribution is -0.384. The topological polar surface area (TPSA) is 90.1 Å². The lowest BCUT2D eigenvalue weighted by Gasteiger charge is -2.02. The number of nitrogens with zero attached hydrogens (tertiary/aromatic N) is 3. The molecule has 7 nitrogen and oxygen atoms in total. The van der Waals surface area contributed by atoms with Crippen molar-refractivity contribution < 1.29 is 9.72 Å². The lowest BCUT2D eigenvalue weighted by atomic mass is 10.1. The average Bonchev–Trinajstić information content (AvgIpc) is 3.15. The first-order valence-electron chi connectivity index (χ1n) is 6.68. The molecule has 0 unspecified atom stereocenters. The number of hydrogen-bond acceptors (Lipinski definition) is 4. The van der Waals surface area contributed by atoms with E-state index in [1.165, 1.54) is 12.1 Å². The van der Waals surface area contributed by atoms with Crippen LogP contribution in [0.2, 0.25) is 0 Å². The second-order valence-corrected chi connectivity index (χ2v) is 5.07. The van der Waals surface area contributed by atoms with Crippen LogP contribution in [0.4, 0.5) is 5.69 Å². The van der Waals surface area contributed by atoms with Gasteiger partial charge in [-0.1, -0.05) is 0 Å². The molecule has 1 saturated carbocycles. The summed E-state index contributed by atoms with van der Waals surface area (Å²) in [6, 6.07) is 6.58. The molecule has 0 aliphatic heterocycles. The number of rotatable bonds is 5. The van der Waals surface area contributed by atoms with Gasteiger partial charge in [0.1, 0.15) is 6.54 Å². The Labute approximate surface area is 120 Å². The Hall–Kier alpha value is -2.70. The number of nitro groups is 1. The van der Waals surface area contributed by atoms with Gasteiger partial charge in [0.15, 0.2) is 0 Å². The minimum absolute atomic E-state index is 0.0455. The summed E-state index contributed by atoms with van der Waals surface area (Å²) in [6.07, 6.45) is 5.51. The predicted octanol–water partition coefficient (Wildman–Crippen LogP) is 1.74. The van der Waals surface area contributed by atoms with E-state index in [9.17, 15) is 14.9 Å². The molecule has 0 spiro atoms. The molecule has 1 amide bonds. The molecule has 1 fully saturated rings. The van der Waals surface area contributed by atoms with Crippen LogP contribution in [-0.4, -0.2) is 26.7 Å². The molecule has 0 saturated heterocycles. The molecule has 1 heterocycles. The Morgan fingerprint density at radius 3 is 2.67 bits per heavy atom. The molecule has 21 heavy (non-hydrogen) atoms. The van der Waals surface area contributed by atoms with E-state index in [4.69, 9.17) is 0 Å². The zero-order valence-corrected chi connectivity index (χ0v) is 11.2. The molecular weight excluding hydrogens is 272 g/mol. The Balaban J connectivity index is 1.68. The summed E-state index contributed by atoms with van der Waals surface area (Å²) < 4.78 is 1.56. The van der Waals surface area contributed by atoms with Gasteiger partial charge in [0.2, 0.25) is 5.91 Å². The minimum Gasteiger partial charge on any atom is -0.352 e. The second-order valence-electron chi connectivity index (χ2n) is 5.07. The van der Waals surface area contributed by atoms with Crippen LogP contribution in [0.1, 0.15) is 12.8 Å². The molecule has 0 radical (unpaired) electrons. The van der Waals surface area contributed by atoms with Crippen LogP contribution in [0.5, 0.6) is 0 Å². The van der Waals surface area contributed by atoms with Gasteiger partial charge in [-0.25, -0.2) is 0 Å². The van der Waals surface area contributed by atoms with E-state index in [0.29, 0.717) is 6.04 Å². The monoisotopic (exact) mass is 286 g/mol. The molecule has 2 aromatic rings. The normalized spacial score (nSPS) is 13.9. The summed E-state index contributed by atoms with van der Waals surface area (Å²) in [7, 11) is 0. The highest BCUT2D eigenvalue weighted by atomic mass is 16.6. The molecule has 7 heteroatoms. The maximum atomic E-state index is 11.7. The van der Waals surface area contributed by atoms with Gasteiger partial charge in [-0.05, 0) is 30.5 Å². The second kappa shape index (κ2) is 5.35. The fourth-order valence-corrected chi connectivity index (χ4v) is 2.02. The third kappa shape index (κ3) is 3.25. The highest BCUT2D eigenvalue weighted by Crippen LogP contribution is 2.22. The number of benzene rings is 1. The number of hydrogen-bond donors (Lipinski definition) is 1. The molecular formula is C14H14N4O3. The zero-order valence-electron chi connectivity index (χ0n) is 11.2. The van der Waals surface area contributed by atoms with Crippen molar-refractivity contribution >= 4 is 11.6 Å². The molecule has 1 N–H and O–H groups in total. The maximum Gasteiger partial charge on any atom is 0.269 e. The molecule has 108 valence electrons. The molecule has 1 aliphatic rings. The standard InChI is InChI=1S/C14H14N4O3/c19-14(16-12-3-4-12)9-17-8-11(7-15-17)10-1-5-13(6-2-10)18(20)21/h1-2,5-8,12H,3-4,9H2,(H,16,19). The van der Waals surface area contributed by atoms with Gasteiger partial charge in [0.05, 0.1) is 11.1 Å². The summed E-state index contributed by atoms with van der Waals surface area (Å²) in [5.74, 6) is -0.0455. The van der Waals surface area contributed by atoms with E-state index >= 15 is 0 Å². The molecule has 1 aliphatic carbocycles. The zero-order chi connectivity index (χ0) is 14.8. The van der Waals surface area contributed by atoms with Crippen LogP contribution >= 0.6 is 0 Å².